The topological polar surface area (TPSA) is 307 Å². The third-order valence-electron chi connectivity index (χ3n) is 21.2. The van der Waals surface area contributed by atoms with E-state index in [1.54, 1.807) is 6.08 Å². The highest BCUT2D eigenvalue weighted by atomic mass is 16.8. The number of hydrogen-bond donors (Lipinski definition) is 12. The zero-order valence-electron chi connectivity index (χ0n) is 63.9. The van der Waals surface area contributed by atoms with Crippen LogP contribution >= 0.6 is 0 Å². The molecule has 3 saturated heterocycles. The van der Waals surface area contributed by atoms with Crippen molar-refractivity contribution in [2.24, 2.45) is 0 Å². The van der Waals surface area contributed by atoms with Crippen LogP contribution in [0.2, 0.25) is 0 Å². The first-order valence-electron chi connectivity index (χ1n) is 42.1. The average Bonchev–Trinajstić information content (AvgIpc) is 0.792. The van der Waals surface area contributed by atoms with Crippen LogP contribution < -0.4 is 5.32 Å². The molecule has 19 heteroatoms. The van der Waals surface area contributed by atoms with E-state index < -0.39 is 124 Å². The Morgan fingerprint density at radius 1 is 0.347 bits per heavy atom. The van der Waals surface area contributed by atoms with E-state index >= 15 is 0 Å². The Morgan fingerprint density at radius 2 is 0.624 bits per heavy atom. The molecule has 19 nitrogen and oxygen atoms in total. The molecule has 3 fully saturated rings. The van der Waals surface area contributed by atoms with Crippen molar-refractivity contribution < 1.29 is 89.4 Å². The van der Waals surface area contributed by atoms with Crippen LogP contribution in [-0.2, 0) is 33.2 Å². The van der Waals surface area contributed by atoms with Crippen molar-refractivity contribution in [2.75, 3.05) is 26.4 Å². The fraction of sp³-hybridized carbons (Fsp3) is 0.939. The number of ether oxygens (including phenoxy) is 6. The Bertz CT molecular complexity index is 1920. The van der Waals surface area contributed by atoms with E-state index in [4.69, 9.17) is 28.4 Å². The number of rotatable bonds is 68. The van der Waals surface area contributed by atoms with E-state index in [9.17, 15) is 61.0 Å². The molecule has 0 bridgehead atoms. The van der Waals surface area contributed by atoms with Crippen molar-refractivity contribution in [3.8, 4) is 0 Å². The first-order valence-corrected chi connectivity index (χ1v) is 42.1. The van der Waals surface area contributed by atoms with Crippen LogP contribution in [0.15, 0.2) is 24.3 Å². The number of aliphatic hydroxyl groups is 11. The van der Waals surface area contributed by atoms with Gasteiger partial charge in [0, 0.05) is 6.42 Å². The molecule has 3 rings (SSSR count). The van der Waals surface area contributed by atoms with Gasteiger partial charge in [0.1, 0.15) is 73.2 Å². The predicted octanol–water partition coefficient (Wildman–Crippen LogP) is 14.5. The predicted molar refractivity (Wildman–Crippen MR) is 402 cm³/mol. The summed E-state index contributed by atoms with van der Waals surface area (Å²) in [4.78, 5) is 13.5. The summed E-state index contributed by atoms with van der Waals surface area (Å²) in [6, 6.07) is -0.971. The van der Waals surface area contributed by atoms with Gasteiger partial charge in [-0.05, 0) is 44.9 Å². The number of aliphatic hydroxyl groups excluding tert-OH is 11. The second kappa shape index (κ2) is 63.2. The molecular formula is C82H155NO18. The minimum Gasteiger partial charge on any atom is -0.394 e. The smallest absolute Gasteiger partial charge is 0.220 e. The molecule has 0 aromatic heterocycles. The number of carbonyl (C=O) groups is 1. The fourth-order valence-corrected chi connectivity index (χ4v) is 14.5. The largest absolute Gasteiger partial charge is 0.394 e. The normalized spacial score (nSPS) is 26.4. The summed E-state index contributed by atoms with van der Waals surface area (Å²) in [6.07, 6.45) is 50.6. The maximum Gasteiger partial charge on any atom is 0.220 e. The number of amides is 1. The minimum atomic E-state index is -1.98. The molecule has 3 aliphatic heterocycles. The van der Waals surface area contributed by atoms with Crippen molar-refractivity contribution in [1.29, 1.82) is 0 Å². The van der Waals surface area contributed by atoms with E-state index in [2.05, 4.69) is 31.3 Å². The highest BCUT2D eigenvalue weighted by Crippen LogP contribution is 2.33. The van der Waals surface area contributed by atoms with Crippen LogP contribution in [0, 0.1) is 0 Å². The SMILES string of the molecule is CCCCCCCCCC/C=C\CCCCCCCCCCCCCCCCCCCCCCCCCCCCCC(=O)NC(COC1OC(CO)C(OC2OC(CO)C(OC3OC(CO)C(O)C(O)C3O)C(O)C2O)C(O)C1O)C(O)/C=C/CCCCCCCCCCCCCCCCC. The highest BCUT2D eigenvalue weighted by molar-refractivity contribution is 5.76. The summed E-state index contributed by atoms with van der Waals surface area (Å²) >= 11 is 0. The Balaban J connectivity index is 1.29. The zero-order valence-corrected chi connectivity index (χ0v) is 63.9. The quantitative estimate of drug-likeness (QED) is 0.0199. The summed E-state index contributed by atoms with van der Waals surface area (Å²) < 4.78 is 34.4. The van der Waals surface area contributed by atoms with Gasteiger partial charge in [-0.3, -0.25) is 4.79 Å². The van der Waals surface area contributed by atoms with Crippen LogP contribution in [0.5, 0.6) is 0 Å². The molecule has 17 unspecified atom stereocenters. The van der Waals surface area contributed by atoms with Crippen LogP contribution in [0.25, 0.3) is 0 Å². The van der Waals surface area contributed by atoms with Gasteiger partial charge >= 0.3 is 0 Å². The molecule has 0 aliphatic carbocycles. The lowest BCUT2D eigenvalue weighted by molar-refractivity contribution is -0.379. The lowest BCUT2D eigenvalue weighted by atomic mass is 9.96. The Labute approximate surface area is 613 Å². The first-order chi connectivity index (χ1) is 49.3. The van der Waals surface area contributed by atoms with Gasteiger partial charge in [0.2, 0.25) is 5.91 Å². The number of unbranched alkanes of at least 4 members (excludes halogenated alkanes) is 50. The number of allylic oxidation sites excluding steroid dienone is 3. The molecule has 0 saturated carbocycles. The van der Waals surface area contributed by atoms with Crippen LogP contribution in [0.3, 0.4) is 0 Å². The monoisotopic (exact) mass is 1440 g/mol. The van der Waals surface area contributed by atoms with Gasteiger partial charge in [-0.1, -0.05) is 334 Å². The van der Waals surface area contributed by atoms with E-state index in [-0.39, 0.29) is 18.9 Å². The molecule has 1 amide bonds. The molecule has 3 heterocycles. The molecule has 0 spiro atoms. The molecule has 0 aromatic rings. The maximum absolute atomic E-state index is 13.5. The van der Waals surface area contributed by atoms with Crippen LogP contribution in [-0.4, -0.2) is 193 Å². The molecule has 0 radical (unpaired) electrons. The fourth-order valence-electron chi connectivity index (χ4n) is 14.5. The summed E-state index contributed by atoms with van der Waals surface area (Å²) in [5, 5.41) is 121. The third kappa shape index (κ3) is 43.2. The van der Waals surface area contributed by atoms with Gasteiger partial charge in [0.05, 0.1) is 38.6 Å². The Hall–Kier alpha value is -1.73. The van der Waals surface area contributed by atoms with Crippen molar-refractivity contribution in [2.45, 2.75) is 465 Å². The Morgan fingerprint density at radius 3 is 0.960 bits per heavy atom. The summed E-state index contributed by atoms with van der Waals surface area (Å²) in [7, 11) is 0. The minimum absolute atomic E-state index is 0.249. The number of nitrogens with one attached hydrogen (secondary N) is 1. The first kappa shape index (κ1) is 93.5. The summed E-state index contributed by atoms with van der Waals surface area (Å²) in [5.74, 6) is -0.268. The molecule has 101 heavy (non-hydrogen) atoms. The second-order valence-electron chi connectivity index (χ2n) is 30.3. The van der Waals surface area contributed by atoms with E-state index in [0.29, 0.717) is 6.42 Å². The van der Waals surface area contributed by atoms with Gasteiger partial charge in [-0.2, -0.15) is 0 Å². The van der Waals surface area contributed by atoms with E-state index in [1.165, 1.54) is 289 Å². The van der Waals surface area contributed by atoms with E-state index in [1.807, 2.05) is 6.08 Å². The molecule has 12 N–H and O–H groups in total. The van der Waals surface area contributed by atoms with Crippen LogP contribution in [0.1, 0.15) is 361 Å². The lowest BCUT2D eigenvalue weighted by Gasteiger charge is -2.48. The average molecular weight is 1440 g/mol. The number of hydrogen-bond acceptors (Lipinski definition) is 18. The zero-order chi connectivity index (χ0) is 73.2. The summed E-state index contributed by atoms with van der Waals surface area (Å²) in [5.41, 5.74) is 0. The summed E-state index contributed by atoms with van der Waals surface area (Å²) in [6.45, 7) is 1.78. The van der Waals surface area contributed by atoms with Gasteiger partial charge in [0.25, 0.3) is 0 Å². The van der Waals surface area contributed by atoms with Gasteiger partial charge in [-0.15, -0.1) is 0 Å². The highest BCUT2D eigenvalue weighted by Gasteiger charge is 2.54. The van der Waals surface area contributed by atoms with Gasteiger partial charge < -0.3 is 89.9 Å². The third-order valence-corrected chi connectivity index (χ3v) is 21.2. The molecule has 0 aromatic carbocycles. The second-order valence-corrected chi connectivity index (χ2v) is 30.3. The number of carbonyl (C=O) groups excluding carboxylic acids is 1. The Kier molecular flexibility index (Phi) is 58.5. The van der Waals surface area contributed by atoms with Crippen molar-refractivity contribution >= 4 is 5.91 Å². The molecule has 3 aliphatic rings. The maximum atomic E-state index is 13.5. The van der Waals surface area contributed by atoms with Gasteiger partial charge in [-0.25, -0.2) is 0 Å². The van der Waals surface area contributed by atoms with E-state index in [0.717, 1.165) is 44.9 Å². The molecular weight excluding hydrogens is 1290 g/mol. The standard InChI is InChI=1S/C82H155NO18/c1-3-5-7-9-11-13-15-17-19-21-22-23-24-25-26-27-28-29-30-31-32-33-34-35-36-37-38-39-40-41-42-44-46-48-50-52-54-56-58-60-70(88)83-65(66(87)59-57-55-53-51-49-47-45-43-20-18-16-14-12-10-8-6-4-2)64-96-80-76(94)73(91)78(68(62-85)98-80)101-82-77(95)74(92)79(69(63-86)99-82)100-81-75(93)72(90)71(89)67(61-84)97-81/h21-22,57,59,65-69,71-82,84-87,89-95H,3-20,23-56,58,60-64H2,1-2H3,(H,83,88)/b22-21-,59-57+. The molecule has 17 atom stereocenters. The van der Waals surface area contributed by atoms with Gasteiger partial charge in [0.15, 0.2) is 18.9 Å². The van der Waals surface area contributed by atoms with Crippen molar-refractivity contribution in [1.82, 2.24) is 5.32 Å². The van der Waals surface area contributed by atoms with Crippen LogP contribution in [0.4, 0.5) is 0 Å². The van der Waals surface area contributed by atoms with Crippen molar-refractivity contribution in [3.05, 3.63) is 24.3 Å². The van der Waals surface area contributed by atoms with Crippen molar-refractivity contribution in [3.63, 3.8) is 0 Å². The molecule has 596 valence electrons. The lowest BCUT2D eigenvalue weighted by Crippen LogP contribution is -2.66.